The van der Waals surface area contributed by atoms with Gasteiger partial charge >= 0.3 is 0 Å². The molecule has 0 spiro atoms. The van der Waals surface area contributed by atoms with Crippen LogP contribution in [-0.4, -0.2) is 5.11 Å². The molecule has 2 aromatic carbocycles. The maximum Gasteiger partial charge on any atom is 0.121 e. The molecule has 0 atom stereocenters. The van der Waals surface area contributed by atoms with Crippen molar-refractivity contribution in [1.29, 1.82) is 0 Å². The van der Waals surface area contributed by atoms with Crippen LogP contribution < -0.4 is 0 Å². The minimum Gasteiger partial charge on any atom is -0.507 e. The number of aromatic hydroxyl groups is 1. The standard InChI is InChI=1S/C18H22OS/c1-12-10-16(11-13(2)17(12)19)20-15-8-6-14(7-9-15)18(3,4)5/h6-11,19H,1-5H3. The molecule has 106 valence electrons. The van der Waals surface area contributed by atoms with Crippen molar-refractivity contribution in [2.75, 3.05) is 0 Å². The Kier molecular flexibility index (Phi) is 4.14. The van der Waals surface area contributed by atoms with Crippen molar-refractivity contribution in [1.82, 2.24) is 0 Å². The second-order valence-corrected chi connectivity index (χ2v) is 7.43. The van der Waals surface area contributed by atoms with E-state index in [1.807, 2.05) is 26.0 Å². The number of hydrogen-bond donors (Lipinski definition) is 1. The Labute approximate surface area is 126 Å². The Hall–Kier alpha value is -1.41. The fourth-order valence-corrected chi connectivity index (χ4v) is 3.15. The van der Waals surface area contributed by atoms with Gasteiger partial charge < -0.3 is 5.11 Å². The van der Waals surface area contributed by atoms with E-state index in [-0.39, 0.29) is 5.41 Å². The molecule has 2 aromatic rings. The Morgan fingerprint density at radius 2 is 1.35 bits per heavy atom. The summed E-state index contributed by atoms with van der Waals surface area (Å²) >= 11 is 1.73. The number of rotatable bonds is 2. The summed E-state index contributed by atoms with van der Waals surface area (Å²) in [6.45, 7) is 10.6. The Balaban J connectivity index is 2.23. The number of phenolic OH excluding ortho intramolecular Hbond substituents is 1. The van der Waals surface area contributed by atoms with E-state index < -0.39 is 0 Å². The first-order valence-electron chi connectivity index (χ1n) is 6.86. The third kappa shape index (κ3) is 3.37. The largest absolute Gasteiger partial charge is 0.507 e. The van der Waals surface area contributed by atoms with Gasteiger partial charge in [-0.1, -0.05) is 44.7 Å². The summed E-state index contributed by atoms with van der Waals surface area (Å²) in [7, 11) is 0. The quantitative estimate of drug-likeness (QED) is 0.791. The Morgan fingerprint density at radius 3 is 1.80 bits per heavy atom. The molecular weight excluding hydrogens is 264 g/mol. The van der Waals surface area contributed by atoms with Gasteiger partial charge in [-0.3, -0.25) is 0 Å². The smallest absolute Gasteiger partial charge is 0.121 e. The van der Waals surface area contributed by atoms with Crippen molar-refractivity contribution in [3.05, 3.63) is 53.1 Å². The van der Waals surface area contributed by atoms with E-state index in [4.69, 9.17) is 0 Å². The molecule has 0 aromatic heterocycles. The fraction of sp³-hybridized carbons (Fsp3) is 0.333. The van der Waals surface area contributed by atoms with Crippen molar-refractivity contribution in [3.63, 3.8) is 0 Å². The van der Waals surface area contributed by atoms with E-state index in [2.05, 4.69) is 45.0 Å². The summed E-state index contributed by atoms with van der Waals surface area (Å²) in [5.41, 5.74) is 3.40. The summed E-state index contributed by atoms with van der Waals surface area (Å²) in [4.78, 5) is 2.39. The first-order chi connectivity index (χ1) is 9.27. The number of benzene rings is 2. The molecule has 0 heterocycles. The van der Waals surface area contributed by atoms with Crippen LogP contribution >= 0.6 is 11.8 Å². The molecule has 1 N–H and O–H groups in total. The molecule has 2 heteroatoms. The van der Waals surface area contributed by atoms with E-state index in [1.165, 1.54) is 15.4 Å². The lowest BCUT2D eigenvalue weighted by Gasteiger charge is -2.19. The third-order valence-corrected chi connectivity index (χ3v) is 4.40. The van der Waals surface area contributed by atoms with Crippen molar-refractivity contribution in [2.24, 2.45) is 0 Å². The van der Waals surface area contributed by atoms with Gasteiger partial charge in [-0.15, -0.1) is 0 Å². The molecule has 0 bridgehead atoms. The highest BCUT2D eigenvalue weighted by Gasteiger charge is 2.13. The molecule has 0 unspecified atom stereocenters. The van der Waals surface area contributed by atoms with E-state index in [1.54, 1.807) is 11.8 Å². The molecule has 0 aliphatic carbocycles. The molecule has 0 saturated heterocycles. The Morgan fingerprint density at radius 1 is 0.850 bits per heavy atom. The molecule has 0 fully saturated rings. The lowest BCUT2D eigenvalue weighted by molar-refractivity contribution is 0.466. The average Bonchev–Trinajstić information content (AvgIpc) is 2.35. The van der Waals surface area contributed by atoms with Gasteiger partial charge in [-0.25, -0.2) is 0 Å². The molecule has 0 aliphatic heterocycles. The van der Waals surface area contributed by atoms with E-state index in [0.717, 1.165) is 11.1 Å². The van der Waals surface area contributed by atoms with Gasteiger partial charge in [0.05, 0.1) is 0 Å². The molecule has 0 radical (unpaired) electrons. The summed E-state index contributed by atoms with van der Waals surface area (Å²) in [5.74, 6) is 0.400. The van der Waals surface area contributed by atoms with Crippen LogP contribution in [0.3, 0.4) is 0 Å². The zero-order valence-corrected chi connectivity index (χ0v) is 13.6. The Bertz CT molecular complexity index is 583. The molecule has 0 amide bonds. The van der Waals surface area contributed by atoms with Crippen molar-refractivity contribution in [3.8, 4) is 5.75 Å². The average molecular weight is 286 g/mol. The first-order valence-corrected chi connectivity index (χ1v) is 7.67. The minimum atomic E-state index is 0.189. The zero-order chi connectivity index (χ0) is 14.9. The summed E-state index contributed by atoms with van der Waals surface area (Å²) in [6.07, 6.45) is 0. The fourth-order valence-electron chi connectivity index (χ4n) is 2.13. The predicted molar refractivity (Wildman–Crippen MR) is 86.8 cm³/mol. The molecule has 0 saturated carbocycles. The lowest BCUT2D eigenvalue weighted by atomic mass is 9.87. The van der Waals surface area contributed by atoms with Crippen LogP contribution in [0.15, 0.2) is 46.2 Å². The van der Waals surface area contributed by atoms with Crippen LogP contribution in [-0.2, 0) is 5.41 Å². The topological polar surface area (TPSA) is 20.2 Å². The highest BCUT2D eigenvalue weighted by molar-refractivity contribution is 7.99. The maximum atomic E-state index is 9.81. The number of aryl methyl sites for hydroxylation is 2. The second-order valence-electron chi connectivity index (χ2n) is 6.28. The van der Waals surface area contributed by atoms with Crippen molar-refractivity contribution < 1.29 is 5.11 Å². The number of phenols is 1. The van der Waals surface area contributed by atoms with Crippen LogP contribution in [0, 0.1) is 13.8 Å². The van der Waals surface area contributed by atoms with E-state index in [9.17, 15) is 5.11 Å². The van der Waals surface area contributed by atoms with Crippen LogP contribution in [0.4, 0.5) is 0 Å². The van der Waals surface area contributed by atoms with E-state index in [0.29, 0.717) is 5.75 Å². The molecule has 2 rings (SSSR count). The van der Waals surface area contributed by atoms with Crippen LogP contribution in [0.1, 0.15) is 37.5 Å². The van der Waals surface area contributed by atoms with E-state index >= 15 is 0 Å². The van der Waals surface area contributed by atoms with Gasteiger partial charge in [-0.2, -0.15) is 0 Å². The predicted octanol–water partition coefficient (Wildman–Crippen LogP) is 5.46. The van der Waals surface area contributed by atoms with Gasteiger partial charge in [0.2, 0.25) is 0 Å². The van der Waals surface area contributed by atoms with Gasteiger partial charge in [0, 0.05) is 9.79 Å². The summed E-state index contributed by atoms with van der Waals surface area (Å²) < 4.78 is 0. The normalized spacial score (nSPS) is 11.7. The second kappa shape index (κ2) is 5.53. The highest BCUT2D eigenvalue weighted by atomic mass is 32.2. The molecule has 0 aliphatic rings. The monoisotopic (exact) mass is 286 g/mol. The SMILES string of the molecule is Cc1cc(Sc2ccc(C(C)(C)C)cc2)cc(C)c1O. The number of hydrogen-bond acceptors (Lipinski definition) is 2. The van der Waals surface area contributed by atoms with Gasteiger partial charge in [-0.05, 0) is 60.2 Å². The summed E-state index contributed by atoms with van der Waals surface area (Å²) in [5, 5.41) is 9.81. The third-order valence-electron chi connectivity index (χ3n) is 3.42. The van der Waals surface area contributed by atoms with Crippen LogP contribution in [0.2, 0.25) is 0 Å². The molecule has 1 nitrogen and oxygen atoms in total. The van der Waals surface area contributed by atoms with Crippen molar-refractivity contribution in [2.45, 2.75) is 49.8 Å². The molecular formula is C18H22OS. The van der Waals surface area contributed by atoms with Crippen LogP contribution in [0.5, 0.6) is 5.75 Å². The first kappa shape index (κ1) is 15.0. The van der Waals surface area contributed by atoms with Crippen molar-refractivity contribution >= 4 is 11.8 Å². The van der Waals surface area contributed by atoms with Gasteiger partial charge in [0.1, 0.15) is 5.75 Å². The summed E-state index contributed by atoms with van der Waals surface area (Å²) in [6, 6.07) is 12.8. The zero-order valence-electron chi connectivity index (χ0n) is 12.8. The maximum absolute atomic E-state index is 9.81. The lowest BCUT2D eigenvalue weighted by Crippen LogP contribution is -2.10. The van der Waals surface area contributed by atoms with Gasteiger partial charge in [0.25, 0.3) is 0 Å². The molecule has 20 heavy (non-hydrogen) atoms. The minimum absolute atomic E-state index is 0.189. The van der Waals surface area contributed by atoms with Gasteiger partial charge in [0.15, 0.2) is 0 Å². The highest BCUT2D eigenvalue weighted by Crippen LogP contribution is 2.34. The van der Waals surface area contributed by atoms with Crippen LogP contribution in [0.25, 0.3) is 0 Å².